The van der Waals surface area contributed by atoms with Gasteiger partial charge in [0.2, 0.25) is 0 Å². The molecule has 6 rings (SSSR count). The summed E-state index contributed by atoms with van der Waals surface area (Å²) in [5, 5.41) is 24.3. The van der Waals surface area contributed by atoms with Crippen LogP contribution in [0.5, 0.6) is 5.75 Å². The highest BCUT2D eigenvalue weighted by Crippen LogP contribution is 2.42. The molecule has 0 bridgehead atoms. The molecule has 1 saturated heterocycles. The van der Waals surface area contributed by atoms with Gasteiger partial charge in [0, 0.05) is 17.6 Å². The predicted octanol–water partition coefficient (Wildman–Crippen LogP) is 9.06. The molecule has 2 N–H and O–H groups in total. The summed E-state index contributed by atoms with van der Waals surface area (Å²) >= 11 is 12.7. The summed E-state index contributed by atoms with van der Waals surface area (Å²) in [6.07, 6.45) is -1.28. The fourth-order valence-corrected chi connectivity index (χ4v) is 13.3. The molecule has 1 fully saturated rings. The Morgan fingerprint density at radius 3 is 2.23 bits per heavy atom. The Balaban J connectivity index is 1.36. The van der Waals surface area contributed by atoms with Crippen LogP contribution in [0.3, 0.4) is 0 Å². The Bertz CT molecular complexity index is 2100. The van der Waals surface area contributed by atoms with Crippen molar-refractivity contribution < 1.29 is 24.5 Å². The van der Waals surface area contributed by atoms with Crippen LogP contribution in [0.25, 0.3) is 22.2 Å². The minimum Gasteiger partial charge on any atom is -0.423 e. The minimum atomic E-state index is -2.11. The third-order valence-electron chi connectivity index (χ3n) is 10.3. The first kappa shape index (κ1) is 37.7. The number of carbonyl (C=O) groups excluding carboxylic acids is 1. The predicted molar refractivity (Wildman–Crippen MR) is 208 cm³/mol. The van der Waals surface area contributed by atoms with Crippen molar-refractivity contribution >= 4 is 48.3 Å². The van der Waals surface area contributed by atoms with Crippen molar-refractivity contribution in [1.29, 1.82) is 0 Å². The van der Waals surface area contributed by atoms with Crippen LogP contribution in [0, 0.1) is 11.5 Å². The first-order chi connectivity index (χ1) is 24.8. The van der Waals surface area contributed by atoms with Gasteiger partial charge in [-0.15, -0.1) is 5.54 Å². The summed E-state index contributed by atoms with van der Waals surface area (Å²) < 4.78 is 13.8. The molecule has 1 aliphatic rings. The lowest BCUT2D eigenvalue weighted by Gasteiger charge is -2.38. The van der Waals surface area contributed by atoms with Gasteiger partial charge in [0.25, 0.3) is 0 Å². The number of rotatable bonds is 9. The number of aromatic nitrogens is 3. The highest BCUT2D eigenvalue weighted by atomic mass is 35.5. The highest BCUT2D eigenvalue weighted by Gasteiger charge is 2.45. The largest absolute Gasteiger partial charge is 0.423 e. The summed E-state index contributed by atoms with van der Waals surface area (Å²) in [6.45, 7) is 13.5. The van der Waals surface area contributed by atoms with Crippen LogP contribution in [0.15, 0.2) is 85.3 Å². The molecule has 0 spiro atoms. The van der Waals surface area contributed by atoms with E-state index in [0.717, 1.165) is 11.1 Å². The monoisotopic (exact) mass is 755 g/mol. The summed E-state index contributed by atoms with van der Waals surface area (Å²) in [5.74, 6) is 3.24. The van der Waals surface area contributed by atoms with Crippen LogP contribution in [-0.2, 0) is 11.2 Å². The molecule has 0 amide bonds. The van der Waals surface area contributed by atoms with Crippen LogP contribution in [0.1, 0.15) is 69.3 Å². The first-order valence-corrected chi connectivity index (χ1v) is 20.5. The van der Waals surface area contributed by atoms with E-state index in [9.17, 15) is 15.0 Å². The van der Waals surface area contributed by atoms with Gasteiger partial charge in [-0.2, -0.15) is 0 Å². The summed E-state index contributed by atoms with van der Waals surface area (Å²) in [4.78, 5) is 22.3. The highest BCUT2D eigenvalue weighted by molar-refractivity contribution is 6.90. The molecule has 270 valence electrons. The van der Waals surface area contributed by atoms with Crippen LogP contribution in [-0.4, -0.2) is 57.1 Å². The van der Waals surface area contributed by atoms with Gasteiger partial charge in [0.1, 0.15) is 43.2 Å². The molecule has 5 aromatic rings. The molecule has 8 nitrogen and oxygen atoms in total. The number of halogens is 2. The van der Waals surface area contributed by atoms with E-state index in [4.69, 9.17) is 32.7 Å². The standard InChI is InChI=1S/C41H43Cl2N3O5Si/c1-24(2)52(25(3)4,26(5)6)19-18-29-22-46(39-35(29)38(43)44-23-45-39)40-37(48)36(47)34(51-40)21-30-20-28(27-10-8-7-9-11-27)12-17-33(30)41(49)50-32-15-13-31(42)14-16-32/h7-17,20,22-26,34,36-37,40,47-48H,21H2,1-6H3/t34-,36+,37+,40+/m0/s1. The number of ether oxygens (including phenoxy) is 2. The topological polar surface area (TPSA) is 107 Å². The number of benzene rings is 3. The Kier molecular flexibility index (Phi) is 11.3. The summed E-state index contributed by atoms with van der Waals surface area (Å²) in [7, 11) is -2.11. The zero-order valence-corrected chi connectivity index (χ0v) is 32.6. The van der Waals surface area contributed by atoms with Gasteiger partial charge < -0.3 is 24.3 Å². The van der Waals surface area contributed by atoms with Crippen LogP contribution in [0.4, 0.5) is 0 Å². The molecular formula is C41H43Cl2N3O5Si. The zero-order chi connectivity index (χ0) is 37.3. The van der Waals surface area contributed by atoms with Crippen molar-refractivity contribution in [2.75, 3.05) is 0 Å². The van der Waals surface area contributed by atoms with E-state index in [1.54, 1.807) is 41.1 Å². The molecule has 52 heavy (non-hydrogen) atoms. The molecule has 0 aliphatic carbocycles. The summed E-state index contributed by atoms with van der Waals surface area (Å²) in [5.41, 5.74) is 8.80. The second-order valence-electron chi connectivity index (χ2n) is 14.3. The third kappa shape index (κ3) is 7.29. The maximum Gasteiger partial charge on any atom is 0.343 e. The van der Waals surface area contributed by atoms with Gasteiger partial charge in [0.15, 0.2) is 6.23 Å². The van der Waals surface area contributed by atoms with E-state index in [0.29, 0.717) is 55.1 Å². The quantitative estimate of drug-likeness (QED) is 0.0508. The molecule has 4 atom stereocenters. The molecule has 1 aliphatic heterocycles. The first-order valence-electron chi connectivity index (χ1n) is 17.5. The fourth-order valence-electron chi connectivity index (χ4n) is 7.73. The van der Waals surface area contributed by atoms with Gasteiger partial charge >= 0.3 is 5.97 Å². The van der Waals surface area contributed by atoms with E-state index < -0.39 is 38.6 Å². The van der Waals surface area contributed by atoms with E-state index in [1.807, 2.05) is 42.5 Å². The van der Waals surface area contributed by atoms with Crippen LogP contribution < -0.4 is 4.74 Å². The summed E-state index contributed by atoms with van der Waals surface area (Å²) in [6, 6.07) is 21.8. The molecule has 3 heterocycles. The van der Waals surface area contributed by atoms with Gasteiger partial charge in [-0.05, 0) is 63.6 Å². The normalized spacial score (nSPS) is 19.0. The molecule has 0 saturated carbocycles. The number of hydrogen-bond donors (Lipinski definition) is 2. The van der Waals surface area contributed by atoms with Crippen molar-refractivity contribution in [3.8, 4) is 28.3 Å². The number of hydrogen-bond acceptors (Lipinski definition) is 7. The molecular weight excluding hydrogens is 713 g/mol. The number of fused-ring (bicyclic) bond motifs is 1. The van der Waals surface area contributed by atoms with Gasteiger partial charge in [0.05, 0.1) is 22.6 Å². The van der Waals surface area contributed by atoms with Crippen molar-refractivity contribution in [3.63, 3.8) is 0 Å². The molecule has 3 aromatic carbocycles. The Hall–Kier alpha value is -4.01. The average Bonchev–Trinajstić information content (AvgIpc) is 3.62. The number of aliphatic hydroxyl groups excluding tert-OH is 2. The number of carbonyl (C=O) groups is 1. The SMILES string of the molecule is CC(C)[Si](C#Cc1cn([C@@H]2O[C@@H](Cc3cc(-c4ccccc4)ccc3C(=O)Oc3ccc(Cl)cc3)[C@@H](O)[C@H]2O)c2ncnc(Cl)c12)(C(C)C)C(C)C. The van der Waals surface area contributed by atoms with E-state index in [2.05, 4.69) is 63.0 Å². The maximum absolute atomic E-state index is 13.6. The van der Waals surface area contributed by atoms with Crippen LogP contribution >= 0.6 is 23.2 Å². The lowest BCUT2D eigenvalue weighted by atomic mass is 9.94. The lowest BCUT2D eigenvalue weighted by molar-refractivity contribution is -0.0342. The molecule has 0 radical (unpaired) electrons. The molecule has 11 heteroatoms. The van der Waals surface area contributed by atoms with Crippen molar-refractivity contribution in [3.05, 3.63) is 112 Å². The van der Waals surface area contributed by atoms with E-state index in [1.165, 1.54) is 6.33 Å². The maximum atomic E-state index is 13.6. The Morgan fingerprint density at radius 1 is 0.904 bits per heavy atom. The Labute approximate surface area is 315 Å². The second-order valence-corrected chi connectivity index (χ2v) is 20.7. The zero-order valence-electron chi connectivity index (χ0n) is 30.0. The number of esters is 1. The van der Waals surface area contributed by atoms with Gasteiger partial charge in [-0.3, -0.25) is 0 Å². The lowest BCUT2D eigenvalue weighted by Crippen LogP contribution is -2.43. The van der Waals surface area contributed by atoms with E-state index >= 15 is 0 Å². The van der Waals surface area contributed by atoms with Gasteiger partial charge in [-0.25, -0.2) is 14.8 Å². The minimum absolute atomic E-state index is 0.105. The van der Waals surface area contributed by atoms with E-state index in [-0.39, 0.29) is 11.6 Å². The van der Waals surface area contributed by atoms with Crippen molar-refractivity contribution in [1.82, 2.24) is 14.5 Å². The molecule has 0 unspecified atom stereocenters. The number of nitrogens with zero attached hydrogens (tertiary/aromatic N) is 3. The average molecular weight is 757 g/mol. The molecule has 2 aromatic heterocycles. The van der Waals surface area contributed by atoms with Crippen molar-refractivity contribution in [2.24, 2.45) is 0 Å². The van der Waals surface area contributed by atoms with Crippen molar-refractivity contribution in [2.45, 2.75) is 89.1 Å². The smallest absolute Gasteiger partial charge is 0.343 e. The van der Waals surface area contributed by atoms with Crippen LogP contribution in [0.2, 0.25) is 26.8 Å². The second kappa shape index (κ2) is 15.5. The Morgan fingerprint density at radius 2 is 1.58 bits per heavy atom. The number of aliphatic hydroxyl groups is 2. The fraction of sp³-hybridized carbons (Fsp3) is 0.341. The third-order valence-corrected chi connectivity index (χ3v) is 17.2. The van der Waals surface area contributed by atoms with Gasteiger partial charge in [-0.1, -0.05) is 113 Å².